The molecule has 2 nitrogen and oxygen atoms in total. The van der Waals surface area contributed by atoms with Crippen LogP contribution in [0.15, 0.2) is 59.6 Å². The van der Waals surface area contributed by atoms with Crippen molar-refractivity contribution in [3.05, 3.63) is 65.7 Å². The molecule has 1 atom stereocenters. The second-order valence-corrected chi connectivity index (χ2v) is 6.45. The molecule has 2 aromatic rings. The first-order valence-electron chi connectivity index (χ1n) is 7.41. The number of amidine groups is 1. The summed E-state index contributed by atoms with van der Waals surface area (Å²) in [5.41, 5.74) is 3.81. The highest BCUT2D eigenvalue weighted by Gasteiger charge is 2.13. The van der Waals surface area contributed by atoms with Gasteiger partial charge in [-0.05, 0) is 37.0 Å². The number of para-hydroxylation sites is 1. The Kier molecular flexibility index (Phi) is 4.61. The number of aliphatic imine (C=N–C) groups is 1. The lowest BCUT2D eigenvalue weighted by Gasteiger charge is -2.19. The fourth-order valence-corrected chi connectivity index (χ4v) is 3.51. The van der Waals surface area contributed by atoms with Crippen molar-refractivity contribution in [3.8, 4) is 0 Å². The molecule has 1 unspecified atom stereocenters. The quantitative estimate of drug-likeness (QED) is 0.897. The van der Waals surface area contributed by atoms with Crippen molar-refractivity contribution in [2.75, 3.05) is 11.1 Å². The number of benzene rings is 2. The molecule has 108 valence electrons. The van der Waals surface area contributed by atoms with Gasteiger partial charge in [-0.15, -0.1) is 0 Å². The first-order chi connectivity index (χ1) is 10.3. The van der Waals surface area contributed by atoms with Gasteiger partial charge in [0.25, 0.3) is 0 Å². The Bertz CT molecular complexity index is 622. The predicted octanol–water partition coefficient (Wildman–Crippen LogP) is 4.57. The van der Waals surface area contributed by atoms with E-state index in [0.717, 1.165) is 17.3 Å². The Morgan fingerprint density at radius 2 is 1.86 bits per heavy atom. The Balaban J connectivity index is 1.79. The van der Waals surface area contributed by atoms with E-state index in [2.05, 4.69) is 66.8 Å². The first-order valence-corrected chi connectivity index (χ1v) is 8.39. The molecule has 0 radical (unpaired) electrons. The standard InChI is InChI=1S/C18H20N2S/c1-14-11-12-21-18(19-14)20-17-10-6-5-9-16(17)13-15-7-3-2-4-8-15/h2-10,14H,11-13H2,1H3,(H,19,20). The average molecular weight is 296 g/mol. The summed E-state index contributed by atoms with van der Waals surface area (Å²) < 4.78 is 0. The van der Waals surface area contributed by atoms with Crippen molar-refractivity contribution in [2.24, 2.45) is 4.99 Å². The maximum absolute atomic E-state index is 4.69. The lowest BCUT2D eigenvalue weighted by molar-refractivity contribution is 0.720. The van der Waals surface area contributed by atoms with E-state index in [9.17, 15) is 0 Å². The van der Waals surface area contributed by atoms with E-state index in [1.807, 2.05) is 11.8 Å². The highest BCUT2D eigenvalue weighted by atomic mass is 32.2. The number of rotatable bonds is 3. The van der Waals surface area contributed by atoms with Crippen LogP contribution < -0.4 is 5.32 Å². The number of hydrogen-bond acceptors (Lipinski definition) is 3. The minimum Gasteiger partial charge on any atom is -0.335 e. The number of hydrogen-bond donors (Lipinski definition) is 1. The van der Waals surface area contributed by atoms with Crippen LogP contribution in [0.4, 0.5) is 5.69 Å². The number of nitrogens with one attached hydrogen (secondary N) is 1. The topological polar surface area (TPSA) is 24.4 Å². The van der Waals surface area contributed by atoms with Crippen LogP contribution in [0.5, 0.6) is 0 Å². The molecular weight excluding hydrogens is 276 g/mol. The van der Waals surface area contributed by atoms with Gasteiger partial charge in [0.2, 0.25) is 0 Å². The highest BCUT2D eigenvalue weighted by Crippen LogP contribution is 2.23. The van der Waals surface area contributed by atoms with Gasteiger partial charge in [-0.25, -0.2) is 0 Å². The van der Waals surface area contributed by atoms with Gasteiger partial charge in [0, 0.05) is 11.4 Å². The molecule has 0 spiro atoms. The molecule has 1 heterocycles. The molecule has 0 amide bonds. The normalized spacial score (nSPS) is 18.1. The Hall–Kier alpha value is -1.74. The molecular formula is C18H20N2S. The Morgan fingerprint density at radius 1 is 1.10 bits per heavy atom. The van der Waals surface area contributed by atoms with E-state index >= 15 is 0 Å². The summed E-state index contributed by atoms with van der Waals surface area (Å²) in [6.45, 7) is 2.18. The molecule has 0 aliphatic carbocycles. The third-order valence-corrected chi connectivity index (χ3v) is 4.53. The molecule has 0 saturated heterocycles. The molecule has 3 rings (SSSR count). The van der Waals surface area contributed by atoms with E-state index in [4.69, 9.17) is 4.99 Å². The summed E-state index contributed by atoms with van der Waals surface area (Å²) in [4.78, 5) is 4.69. The van der Waals surface area contributed by atoms with Gasteiger partial charge in [-0.2, -0.15) is 0 Å². The molecule has 1 aliphatic rings. The molecule has 3 heteroatoms. The van der Waals surface area contributed by atoms with Crippen LogP contribution in [0.3, 0.4) is 0 Å². The smallest absolute Gasteiger partial charge is 0.161 e. The summed E-state index contributed by atoms with van der Waals surface area (Å²) in [5, 5.41) is 4.56. The van der Waals surface area contributed by atoms with Crippen LogP contribution in [0.25, 0.3) is 0 Å². The van der Waals surface area contributed by atoms with E-state index in [1.165, 1.54) is 23.2 Å². The first kappa shape index (κ1) is 14.2. The second kappa shape index (κ2) is 6.81. The zero-order valence-corrected chi connectivity index (χ0v) is 13.1. The largest absolute Gasteiger partial charge is 0.335 e. The molecule has 0 fully saturated rings. The summed E-state index contributed by atoms with van der Waals surface area (Å²) in [6, 6.07) is 19.5. The molecule has 21 heavy (non-hydrogen) atoms. The molecule has 0 bridgehead atoms. The summed E-state index contributed by atoms with van der Waals surface area (Å²) >= 11 is 1.82. The zero-order chi connectivity index (χ0) is 14.5. The molecule has 0 aromatic heterocycles. The average Bonchev–Trinajstić information content (AvgIpc) is 2.50. The van der Waals surface area contributed by atoms with Crippen molar-refractivity contribution in [3.63, 3.8) is 0 Å². The van der Waals surface area contributed by atoms with Crippen LogP contribution in [-0.2, 0) is 6.42 Å². The highest BCUT2D eigenvalue weighted by molar-refractivity contribution is 8.14. The van der Waals surface area contributed by atoms with Gasteiger partial charge >= 0.3 is 0 Å². The van der Waals surface area contributed by atoms with Gasteiger partial charge in [-0.1, -0.05) is 60.3 Å². The van der Waals surface area contributed by atoms with Crippen LogP contribution >= 0.6 is 11.8 Å². The molecule has 1 N–H and O–H groups in total. The van der Waals surface area contributed by atoms with Gasteiger partial charge < -0.3 is 5.32 Å². The number of nitrogens with zero attached hydrogens (tertiary/aromatic N) is 1. The van der Waals surface area contributed by atoms with Crippen molar-refractivity contribution in [2.45, 2.75) is 25.8 Å². The minimum absolute atomic E-state index is 0.426. The van der Waals surface area contributed by atoms with Crippen molar-refractivity contribution >= 4 is 22.6 Å². The SMILES string of the molecule is CC1CCSC(Nc2ccccc2Cc2ccccc2)=N1. The van der Waals surface area contributed by atoms with Gasteiger partial charge in [0.15, 0.2) is 5.17 Å². The van der Waals surface area contributed by atoms with E-state index in [-0.39, 0.29) is 0 Å². The Morgan fingerprint density at radius 3 is 2.67 bits per heavy atom. The van der Waals surface area contributed by atoms with Crippen LogP contribution in [0, 0.1) is 0 Å². The van der Waals surface area contributed by atoms with Crippen molar-refractivity contribution < 1.29 is 0 Å². The van der Waals surface area contributed by atoms with E-state index in [1.54, 1.807) is 0 Å². The van der Waals surface area contributed by atoms with Gasteiger partial charge in [0.1, 0.15) is 0 Å². The Labute approximate surface area is 130 Å². The van der Waals surface area contributed by atoms with Crippen molar-refractivity contribution in [1.82, 2.24) is 0 Å². The van der Waals surface area contributed by atoms with Crippen LogP contribution in [0.2, 0.25) is 0 Å². The number of anilines is 1. The second-order valence-electron chi connectivity index (χ2n) is 5.36. The fourth-order valence-electron chi connectivity index (χ4n) is 2.42. The minimum atomic E-state index is 0.426. The van der Waals surface area contributed by atoms with Crippen LogP contribution in [-0.4, -0.2) is 17.0 Å². The lowest BCUT2D eigenvalue weighted by atomic mass is 10.0. The van der Waals surface area contributed by atoms with Gasteiger partial charge in [0.05, 0.1) is 6.04 Å². The predicted molar refractivity (Wildman–Crippen MR) is 93.3 cm³/mol. The lowest BCUT2D eigenvalue weighted by Crippen LogP contribution is -2.18. The third kappa shape index (κ3) is 3.88. The van der Waals surface area contributed by atoms with E-state index in [0.29, 0.717) is 6.04 Å². The summed E-state index contributed by atoms with van der Waals surface area (Å²) in [5.74, 6) is 1.15. The third-order valence-electron chi connectivity index (χ3n) is 3.61. The maximum atomic E-state index is 4.69. The van der Waals surface area contributed by atoms with Gasteiger partial charge in [-0.3, -0.25) is 4.99 Å². The number of thioether (sulfide) groups is 1. The summed E-state index contributed by atoms with van der Waals surface area (Å²) in [7, 11) is 0. The molecule has 1 aliphatic heterocycles. The van der Waals surface area contributed by atoms with E-state index < -0.39 is 0 Å². The zero-order valence-electron chi connectivity index (χ0n) is 12.3. The van der Waals surface area contributed by atoms with Crippen molar-refractivity contribution in [1.29, 1.82) is 0 Å². The maximum Gasteiger partial charge on any atom is 0.161 e. The monoisotopic (exact) mass is 296 g/mol. The van der Waals surface area contributed by atoms with Crippen LogP contribution in [0.1, 0.15) is 24.5 Å². The molecule has 0 saturated carbocycles. The molecule has 2 aromatic carbocycles. The fraction of sp³-hybridized carbons (Fsp3) is 0.278. The summed E-state index contributed by atoms with van der Waals surface area (Å²) in [6.07, 6.45) is 2.11.